The summed E-state index contributed by atoms with van der Waals surface area (Å²) in [4.78, 5) is 0. The number of likely N-dealkylation sites (N-methyl/N-ethyl adjacent to an activating group) is 1. The molecule has 0 amide bonds. The molecule has 1 atom stereocenters. The van der Waals surface area contributed by atoms with Gasteiger partial charge in [0.25, 0.3) is 0 Å². The zero-order valence-corrected chi connectivity index (χ0v) is 13.3. The summed E-state index contributed by atoms with van der Waals surface area (Å²) in [5.41, 5.74) is 4.13. The average Bonchev–Trinajstić information content (AvgIpc) is 2.38. The Morgan fingerprint density at radius 1 is 1.21 bits per heavy atom. The maximum Gasteiger partial charge on any atom is 0.0623 e. The van der Waals surface area contributed by atoms with Crippen LogP contribution in [-0.4, -0.2) is 25.8 Å². The van der Waals surface area contributed by atoms with Crippen LogP contribution in [0.2, 0.25) is 0 Å². The SMILES string of the molecule is CNC(CCC(C)(C)OC)Cc1ccc(C)c(C)c1. The molecule has 1 unspecified atom stereocenters. The van der Waals surface area contributed by atoms with E-state index in [0.717, 1.165) is 19.3 Å². The first-order valence-electron chi connectivity index (χ1n) is 7.16. The smallest absolute Gasteiger partial charge is 0.0623 e. The predicted octanol–water partition coefficient (Wildman–Crippen LogP) is 3.64. The fraction of sp³-hybridized carbons (Fsp3) is 0.647. The zero-order chi connectivity index (χ0) is 14.5. The highest BCUT2D eigenvalue weighted by molar-refractivity contribution is 5.30. The van der Waals surface area contributed by atoms with Crippen LogP contribution in [0.3, 0.4) is 0 Å². The number of rotatable bonds is 7. The third kappa shape index (κ3) is 5.33. The maximum absolute atomic E-state index is 5.49. The van der Waals surface area contributed by atoms with E-state index in [0.29, 0.717) is 6.04 Å². The number of nitrogens with one attached hydrogen (secondary N) is 1. The summed E-state index contributed by atoms with van der Waals surface area (Å²) < 4.78 is 5.49. The van der Waals surface area contributed by atoms with E-state index in [1.165, 1.54) is 16.7 Å². The van der Waals surface area contributed by atoms with Crippen LogP contribution in [0.15, 0.2) is 18.2 Å². The Bertz CT molecular complexity index is 398. The highest BCUT2D eigenvalue weighted by Crippen LogP contribution is 2.19. The van der Waals surface area contributed by atoms with E-state index in [2.05, 4.69) is 51.2 Å². The monoisotopic (exact) mass is 263 g/mol. The normalized spacial score (nSPS) is 13.6. The van der Waals surface area contributed by atoms with Crippen LogP contribution in [0.1, 0.15) is 43.4 Å². The molecule has 0 saturated carbocycles. The van der Waals surface area contributed by atoms with E-state index in [1.54, 1.807) is 7.11 Å². The Morgan fingerprint density at radius 3 is 2.42 bits per heavy atom. The van der Waals surface area contributed by atoms with Crippen LogP contribution in [0.25, 0.3) is 0 Å². The molecule has 0 spiro atoms. The van der Waals surface area contributed by atoms with Crippen molar-refractivity contribution >= 4 is 0 Å². The average molecular weight is 263 g/mol. The molecule has 1 N–H and O–H groups in total. The Balaban J connectivity index is 2.59. The van der Waals surface area contributed by atoms with Crippen molar-refractivity contribution < 1.29 is 4.74 Å². The lowest BCUT2D eigenvalue weighted by atomic mass is 9.94. The van der Waals surface area contributed by atoms with E-state index in [1.807, 2.05) is 7.05 Å². The molecule has 1 rings (SSSR count). The second-order valence-electron chi connectivity index (χ2n) is 6.11. The van der Waals surface area contributed by atoms with Gasteiger partial charge in [0, 0.05) is 13.2 Å². The van der Waals surface area contributed by atoms with Gasteiger partial charge in [-0.15, -0.1) is 0 Å². The Kier molecular flexibility index (Phi) is 6.02. The molecule has 0 aliphatic carbocycles. The van der Waals surface area contributed by atoms with Gasteiger partial charge in [-0.3, -0.25) is 0 Å². The summed E-state index contributed by atoms with van der Waals surface area (Å²) in [6.07, 6.45) is 3.28. The number of aryl methyl sites for hydroxylation is 2. The van der Waals surface area contributed by atoms with Crippen LogP contribution in [-0.2, 0) is 11.2 Å². The van der Waals surface area contributed by atoms with Crippen LogP contribution in [0, 0.1) is 13.8 Å². The number of methoxy groups -OCH3 is 1. The van der Waals surface area contributed by atoms with Gasteiger partial charge >= 0.3 is 0 Å². The Morgan fingerprint density at radius 2 is 1.89 bits per heavy atom. The molecule has 1 aromatic carbocycles. The molecule has 0 fully saturated rings. The minimum absolute atomic E-state index is 0.0295. The fourth-order valence-electron chi connectivity index (χ4n) is 2.19. The standard InChI is InChI=1S/C17H29NO/c1-13-7-8-15(11-14(13)2)12-16(18-5)9-10-17(3,4)19-6/h7-8,11,16,18H,9-10,12H2,1-6H3. The van der Waals surface area contributed by atoms with Crippen molar-refractivity contribution in [3.05, 3.63) is 34.9 Å². The molecule has 0 aliphatic heterocycles. The largest absolute Gasteiger partial charge is 0.379 e. The predicted molar refractivity (Wildman–Crippen MR) is 82.8 cm³/mol. The summed E-state index contributed by atoms with van der Waals surface area (Å²) >= 11 is 0. The molecule has 108 valence electrons. The summed E-state index contributed by atoms with van der Waals surface area (Å²) in [6.45, 7) is 8.64. The number of hydrogen-bond donors (Lipinski definition) is 1. The molecule has 2 nitrogen and oxygen atoms in total. The third-order valence-electron chi connectivity index (χ3n) is 4.11. The lowest BCUT2D eigenvalue weighted by molar-refractivity contribution is 0.0119. The Labute approximate surface area is 118 Å². The van der Waals surface area contributed by atoms with E-state index in [-0.39, 0.29) is 5.60 Å². The van der Waals surface area contributed by atoms with Gasteiger partial charge in [-0.05, 0) is 70.7 Å². The van der Waals surface area contributed by atoms with Crippen molar-refractivity contribution in [2.75, 3.05) is 14.2 Å². The first-order valence-corrected chi connectivity index (χ1v) is 7.16. The van der Waals surface area contributed by atoms with Crippen molar-refractivity contribution in [2.24, 2.45) is 0 Å². The summed E-state index contributed by atoms with van der Waals surface area (Å²) in [7, 11) is 3.84. The third-order valence-corrected chi connectivity index (χ3v) is 4.11. The number of benzene rings is 1. The molecule has 2 heteroatoms. The van der Waals surface area contributed by atoms with Crippen molar-refractivity contribution in [1.29, 1.82) is 0 Å². The van der Waals surface area contributed by atoms with Crippen LogP contribution in [0.5, 0.6) is 0 Å². The molecular weight excluding hydrogens is 234 g/mol. The molecule has 0 aromatic heterocycles. The van der Waals surface area contributed by atoms with Crippen LogP contribution >= 0.6 is 0 Å². The van der Waals surface area contributed by atoms with Crippen molar-refractivity contribution in [1.82, 2.24) is 5.32 Å². The maximum atomic E-state index is 5.49. The second-order valence-corrected chi connectivity index (χ2v) is 6.11. The first kappa shape index (κ1) is 16.2. The molecular formula is C17H29NO. The lowest BCUT2D eigenvalue weighted by Crippen LogP contribution is -2.32. The molecule has 0 radical (unpaired) electrons. The van der Waals surface area contributed by atoms with Gasteiger partial charge in [0.1, 0.15) is 0 Å². The van der Waals surface area contributed by atoms with Gasteiger partial charge in [-0.1, -0.05) is 18.2 Å². The molecule has 0 bridgehead atoms. The van der Waals surface area contributed by atoms with Gasteiger partial charge in [0.15, 0.2) is 0 Å². The molecule has 0 saturated heterocycles. The molecule has 0 aliphatic rings. The Hall–Kier alpha value is -0.860. The number of ether oxygens (including phenoxy) is 1. The fourth-order valence-corrected chi connectivity index (χ4v) is 2.19. The van der Waals surface area contributed by atoms with Crippen molar-refractivity contribution in [3.8, 4) is 0 Å². The molecule has 1 aromatic rings. The summed E-state index contributed by atoms with van der Waals surface area (Å²) in [5, 5.41) is 3.43. The van der Waals surface area contributed by atoms with E-state index < -0.39 is 0 Å². The lowest BCUT2D eigenvalue weighted by Gasteiger charge is -2.26. The second kappa shape index (κ2) is 7.06. The highest BCUT2D eigenvalue weighted by Gasteiger charge is 2.18. The summed E-state index contributed by atoms with van der Waals surface area (Å²) in [5.74, 6) is 0. The van der Waals surface area contributed by atoms with Crippen LogP contribution in [0.4, 0.5) is 0 Å². The van der Waals surface area contributed by atoms with E-state index >= 15 is 0 Å². The summed E-state index contributed by atoms with van der Waals surface area (Å²) in [6, 6.07) is 7.28. The van der Waals surface area contributed by atoms with E-state index in [9.17, 15) is 0 Å². The minimum Gasteiger partial charge on any atom is -0.379 e. The topological polar surface area (TPSA) is 21.3 Å². The van der Waals surface area contributed by atoms with Gasteiger partial charge in [0.05, 0.1) is 5.60 Å². The van der Waals surface area contributed by atoms with Gasteiger partial charge in [0.2, 0.25) is 0 Å². The zero-order valence-electron chi connectivity index (χ0n) is 13.3. The van der Waals surface area contributed by atoms with Crippen molar-refractivity contribution in [2.45, 2.75) is 58.6 Å². The first-order chi connectivity index (χ1) is 8.88. The van der Waals surface area contributed by atoms with Crippen molar-refractivity contribution in [3.63, 3.8) is 0 Å². The quantitative estimate of drug-likeness (QED) is 0.811. The van der Waals surface area contributed by atoms with Gasteiger partial charge in [-0.2, -0.15) is 0 Å². The van der Waals surface area contributed by atoms with E-state index in [4.69, 9.17) is 4.74 Å². The van der Waals surface area contributed by atoms with Crippen LogP contribution < -0.4 is 5.32 Å². The van der Waals surface area contributed by atoms with Gasteiger partial charge in [-0.25, -0.2) is 0 Å². The minimum atomic E-state index is -0.0295. The molecule has 19 heavy (non-hydrogen) atoms. The molecule has 0 heterocycles. The number of hydrogen-bond acceptors (Lipinski definition) is 2. The van der Waals surface area contributed by atoms with Gasteiger partial charge < -0.3 is 10.1 Å². The highest BCUT2D eigenvalue weighted by atomic mass is 16.5.